The summed E-state index contributed by atoms with van der Waals surface area (Å²) in [5.74, 6) is 0.829. The molecule has 0 aliphatic rings. The molecule has 0 aromatic heterocycles. The molecule has 2 aromatic rings. The van der Waals surface area contributed by atoms with Gasteiger partial charge in [0.15, 0.2) is 11.5 Å². The van der Waals surface area contributed by atoms with E-state index >= 15 is 0 Å². The lowest BCUT2D eigenvalue weighted by atomic mass is 9.76. The fraction of sp³-hybridized carbons (Fsp3) is 0.167. The van der Waals surface area contributed by atoms with E-state index in [0.717, 1.165) is 10.8 Å². The van der Waals surface area contributed by atoms with Crippen LogP contribution < -0.4 is 14.9 Å². The summed E-state index contributed by atoms with van der Waals surface area (Å²) in [6.07, 6.45) is 0. The minimum Gasteiger partial charge on any atom is -0.493 e. The molecule has 4 nitrogen and oxygen atoms in total. The minimum absolute atomic E-state index is 0.322. The Hall–Kier alpha value is -1.72. The van der Waals surface area contributed by atoms with Gasteiger partial charge in [-0.1, -0.05) is 24.3 Å². The summed E-state index contributed by atoms with van der Waals surface area (Å²) in [5.41, 5.74) is 0.322. The number of benzene rings is 2. The summed E-state index contributed by atoms with van der Waals surface area (Å²) in [6, 6.07) is 9.21. The SMILES string of the molecule is COc1cc2ccccc2c(B(O)O)c1OC. The van der Waals surface area contributed by atoms with Gasteiger partial charge in [0.1, 0.15) is 0 Å². The molecule has 2 N–H and O–H groups in total. The molecule has 0 aliphatic heterocycles. The second-order valence-electron chi connectivity index (χ2n) is 3.62. The molecule has 0 atom stereocenters. The summed E-state index contributed by atoms with van der Waals surface area (Å²) in [5, 5.41) is 20.6. The van der Waals surface area contributed by atoms with Gasteiger partial charge in [0, 0.05) is 5.46 Å². The lowest BCUT2D eigenvalue weighted by Crippen LogP contribution is -2.32. The number of hydrogen-bond donors (Lipinski definition) is 2. The number of rotatable bonds is 3. The van der Waals surface area contributed by atoms with Crippen molar-refractivity contribution in [2.24, 2.45) is 0 Å². The van der Waals surface area contributed by atoms with Crippen LogP contribution in [0.25, 0.3) is 10.8 Å². The normalized spacial score (nSPS) is 10.4. The van der Waals surface area contributed by atoms with Gasteiger partial charge in [-0.05, 0) is 16.8 Å². The zero-order chi connectivity index (χ0) is 12.4. The highest BCUT2D eigenvalue weighted by Gasteiger charge is 2.23. The van der Waals surface area contributed by atoms with E-state index in [1.165, 1.54) is 14.2 Å². The first-order chi connectivity index (χ1) is 8.19. The third-order valence-corrected chi connectivity index (χ3v) is 2.69. The first kappa shape index (κ1) is 11.8. The van der Waals surface area contributed by atoms with Crippen LogP contribution in [0.15, 0.2) is 30.3 Å². The van der Waals surface area contributed by atoms with E-state index in [9.17, 15) is 10.0 Å². The highest BCUT2D eigenvalue weighted by molar-refractivity contribution is 6.63. The van der Waals surface area contributed by atoms with Gasteiger partial charge in [0.25, 0.3) is 0 Å². The van der Waals surface area contributed by atoms with Crippen LogP contribution in [0, 0.1) is 0 Å². The van der Waals surface area contributed by atoms with Gasteiger partial charge >= 0.3 is 7.12 Å². The molecular weight excluding hydrogens is 219 g/mol. The van der Waals surface area contributed by atoms with Crippen LogP contribution >= 0.6 is 0 Å². The first-order valence-electron chi connectivity index (χ1n) is 5.18. The maximum Gasteiger partial charge on any atom is 0.493 e. The molecule has 0 unspecified atom stereocenters. The molecular formula is C12H13BO4. The van der Waals surface area contributed by atoms with Crippen molar-refractivity contribution in [1.82, 2.24) is 0 Å². The molecule has 0 radical (unpaired) electrons. The standard InChI is InChI=1S/C12H13BO4/c1-16-10-7-8-5-3-4-6-9(8)11(13(14)15)12(10)17-2/h3-7,14-15H,1-2H3. The topological polar surface area (TPSA) is 58.9 Å². The maximum absolute atomic E-state index is 9.47. The molecule has 17 heavy (non-hydrogen) atoms. The Kier molecular flexibility index (Phi) is 3.22. The molecule has 2 rings (SSSR count). The van der Waals surface area contributed by atoms with Crippen LogP contribution in [0.1, 0.15) is 0 Å². The zero-order valence-electron chi connectivity index (χ0n) is 9.68. The van der Waals surface area contributed by atoms with Crippen molar-refractivity contribution in [3.63, 3.8) is 0 Å². The van der Waals surface area contributed by atoms with E-state index in [1.54, 1.807) is 6.07 Å². The molecule has 0 aliphatic carbocycles. The molecule has 88 valence electrons. The van der Waals surface area contributed by atoms with Gasteiger partial charge in [-0.3, -0.25) is 0 Å². The third-order valence-electron chi connectivity index (χ3n) is 2.69. The minimum atomic E-state index is -1.61. The van der Waals surface area contributed by atoms with Crippen molar-refractivity contribution >= 4 is 23.4 Å². The van der Waals surface area contributed by atoms with Gasteiger partial charge in [0.2, 0.25) is 0 Å². The number of methoxy groups -OCH3 is 2. The van der Waals surface area contributed by atoms with Crippen molar-refractivity contribution in [3.8, 4) is 11.5 Å². The largest absolute Gasteiger partial charge is 0.493 e. The van der Waals surface area contributed by atoms with Crippen molar-refractivity contribution in [1.29, 1.82) is 0 Å². The molecule has 0 fully saturated rings. The Morgan fingerprint density at radius 3 is 2.35 bits per heavy atom. The molecule has 0 bridgehead atoms. The van der Waals surface area contributed by atoms with Crippen molar-refractivity contribution in [3.05, 3.63) is 30.3 Å². The Bertz CT molecular complexity index is 539. The van der Waals surface area contributed by atoms with Crippen LogP contribution in [0.2, 0.25) is 0 Å². The maximum atomic E-state index is 9.47. The smallest absolute Gasteiger partial charge is 0.493 e. The van der Waals surface area contributed by atoms with Gasteiger partial charge < -0.3 is 19.5 Å². The van der Waals surface area contributed by atoms with E-state index in [2.05, 4.69) is 0 Å². The van der Waals surface area contributed by atoms with E-state index in [0.29, 0.717) is 17.0 Å². The number of hydrogen-bond acceptors (Lipinski definition) is 4. The lowest BCUT2D eigenvalue weighted by molar-refractivity contribution is 0.355. The van der Waals surface area contributed by atoms with Crippen LogP contribution in [0.5, 0.6) is 11.5 Å². The highest BCUT2D eigenvalue weighted by Crippen LogP contribution is 2.30. The monoisotopic (exact) mass is 232 g/mol. The van der Waals surface area contributed by atoms with E-state index in [4.69, 9.17) is 9.47 Å². The second kappa shape index (κ2) is 4.65. The summed E-state index contributed by atoms with van der Waals surface area (Å²) in [6.45, 7) is 0. The fourth-order valence-corrected chi connectivity index (χ4v) is 1.95. The third kappa shape index (κ3) is 1.95. The van der Waals surface area contributed by atoms with Crippen LogP contribution in [-0.4, -0.2) is 31.4 Å². The van der Waals surface area contributed by atoms with Gasteiger partial charge in [-0.25, -0.2) is 0 Å². The summed E-state index contributed by atoms with van der Waals surface area (Å²) in [4.78, 5) is 0. The van der Waals surface area contributed by atoms with E-state index in [-0.39, 0.29) is 0 Å². The van der Waals surface area contributed by atoms with Crippen molar-refractivity contribution < 1.29 is 19.5 Å². The van der Waals surface area contributed by atoms with Gasteiger partial charge in [0.05, 0.1) is 14.2 Å². The average Bonchev–Trinajstić information content (AvgIpc) is 2.35. The van der Waals surface area contributed by atoms with Gasteiger partial charge in [-0.15, -0.1) is 0 Å². The summed E-state index contributed by atoms with van der Waals surface area (Å²) >= 11 is 0. The predicted octanol–water partition coefficient (Wildman–Crippen LogP) is 0.537. The Balaban J connectivity index is 2.86. The summed E-state index contributed by atoms with van der Waals surface area (Å²) in [7, 11) is 1.38. The highest BCUT2D eigenvalue weighted by atomic mass is 16.5. The zero-order valence-corrected chi connectivity index (χ0v) is 9.68. The van der Waals surface area contributed by atoms with Crippen molar-refractivity contribution in [2.75, 3.05) is 14.2 Å². The van der Waals surface area contributed by atoms with Crippen molar-refractivity contribution in [2.45, 2.75) is 0 Å². The van der Waals surface area contributed by atoms with Crippen LogP contribution in [0.4, 0.5) is 0 Å². The molecule has 0 spiro atoms. The first-order valence-corrected chi connectivity index (χ1v) is 5.18. The van der Waals surface area contributed by atoms with Gasteiger partial charge in [-0.2, -0.15) is 0 Å². The lowest BCUT2D eigenvalue weighted by Gasteiger charge is -2.15. The number of fused-ring (bicyclic) bond motifs is 1. The molecule has 0 saturated carbocycles. The Morgan fingerprint density at radius 1 is 1.06 bits per heavy atom. The average molecular weight is 232 g/mol. The summed E-state index contributed by atoms with van der Waals surface area (Å²) < 4.78 is 10.4. The molecule has 0 amide bonds. The molecule has 2 aromatic carbocycles. The second-order valence-corrected chi connectivity index (χ2v) is 3.62. The quantitative estimate of drug-likeness (QED) is 0.758. The van der Waals surface area contributed by atoms with E-state index < -0.39 is 7.12 Å². The van der Waals surface area contributed by atoms with Crippen LogP contribution in [0.3, 0.4) is 0 Å². The molecule has 0 saturated heterocycles. The van der Waals surface area contributed by atoms with Crippen LogP contribution in [-0.2, 0) is 0 Å². The molecule has 0 heterocycles. The predicted molar refractivity (Wildman–Crippen MR) is 66.9 cm³/mol. The fourth-order valence-electron chi connectivity index (χ4n) is 1.95. The molecule has 5 heteroatoms. The number of ether oxygens (including phenoxy) is 2. The van der Waals surface area contributed by atoms with E-state index in [1.807, 2.05) is 24.3 Å². The Labute approximate surface area is 99.6 Å². The Morgan fingerprint density at radius 2 is 1.76 bits per heavy atom.